The Morgan fingerprint density at radius 3 is 2.42 bits per heavy atom. The molecule has 0 aliphatic carbocycles. The van der Waals surface area contributed by atoms with Crippen molar-refractivity contribution >= 4 is 29.2 Å². The molecule has 2 aliphatic heterocycles. The number of nitrogens with zero attached hydrogens (tertiary/aromatic N) is 3. The summed E-state index contributed by atoms with van der Waals surface area (Å²) in [4.78, 5) is 42.8. The monoisotopic (exact) mass is 330 g/mol. The highest BCUT2D eigenvalue weighted by Gasteiger charge is 2.28. The van der Waals surface area contributed by atoms with Gasteiger partial charge in [0.25, 0.3) is 0 Å². The van der Waals surface area contributed by atoms with Crippen LogP contribution >= 0.6 is 0 Å². The fourth-order valence-corrected chi connectivity index (χ4v) is 3.08. The first-order valence-electron chi connectivity index (χ1n) is 8.47. The zero-order valence-corrected chi connectivity index (χ0v) is 13.7. The van der Waals surface area contributed by atoms with E-state index >= 15 is 0 Å². The average molecular weight is 330 g/mol. The van der Waals surface area contributed by atoms with Gasteiger partial charge in [-0.3, -0.25) is 19.3 Å². The van der Waals surface area contributed by atoms with Crippen molar-refractivity contribution < 1.29 is 14.4 Å². The molecule has 1 aromatic heterocycles. The van der Waals surface area contributed by atoms with Crippen LogP contribution in [0, 0.1) is 0 Å². The van der Waals surface area contributed by atoms with E-state index in [4.69, 9.17) is 0 Å². The summed E-state index contributed by atoms with van der Waals surface area (Å²) in [5.41, 5.74) is 0.625. The topological polar surface area (TPSA) is 82.6 Å². The summed E-state index contributed by atoms with van der Waals surface area (Å²) in [6.07, 6.45) is 5.90. The first kappa shape index (κ1) is 16.4. The Morgan fingerprint density at radius 1 is 1.08 bits per heavy atom. The predicted molar refractivity (Wildman–Crippen MR) is 89.5 cm³/mol. The number of pyridine rings is 1. The molecular weight excluding hydrogens is 308 g/mol. The van der Waals surface area contributed by atoms with Crippen molar-refractivity contribution in [1.82, 2.24) is 9.88 Å². The Balaban J connectivity index is 1.49. The van der Waals surface area contributed by atoms with Gasteiger partial charge in [-0.15, -0.1) is 0 Å². The maximum Gasteiger partial charge on any atom is 0.229 e. The van der Waals surface area contributed by atoms with Crippen LogP contribution in [0.2, 0.25) is 0 Å². The van der Waals surface area contributed by atoms with Gasteiger partial charge in [0.05, 0.1) is 11.9 Å². The normalized spacial score (nSPS) is 18.2. The number of carbonyl (C=O) groups is 3. The molecule has 2 aliphatic rings. The Bertz CT molecular complexity index is 607. The molecule has 7 heteroatoms. The summed E-state index contributed by atoms with van der Waals surface area (Å²) in [6.45, 7) is 2.19. The minimum atomic E-state index is -0.227. The Morgan fingerprint density at radius 2 is 1.79 bits per heavy atom. The minimum absolute atomic E-state index is 0.103. The van der Waals surface area contributed by atoms with Crippen LogP contribution in [0.1, 0.15) is 38.5 Å². The molecular formula is C17H22N4O3. The van der Waals surface area contributed by atoms with Crippen molar-refractivity contribution in [2.24, 2.45) is 0 Å². The smallest absolute Gasteiger partial charge is 0.229 e. The number of hydrogen-bond acceptors (Lipinski definition) is 5. The van der Waals surface area contributed by atoms with Crippen LogP contribution in [-0.4, -0.2) is 47.2 Å². The average Bonchev–Trinajstić information content (AvgIpc) is 2.93. The van der Waals surface area contributed by atoms with Gasteiger partial charge in [0.1, 0.15) is 5.82 Å². The van der Waals surface area contributed by atoms with E-state index in [2.05, 4.69) is 15.2 Å². The molecule has 1 aromatic rings. The van der Waals surface area contributed by atoms with Crippen LogP contribution in [0.3, 0.4) is 0 Å². The summed E-state index contributed by atoms with van der Waals surface area (Å²) >= 11 is 0. The van der Waals surface area contributed by atoms with Crippen LogP contribution in [0.25, 0.3) is 0 Å². The highest BCUT2D eigenvalue weighted by atomic mass is 16.2. The minimum Gasteiger partial charge on any atom is -0.357 e. The van der Waals surface area contributed by atoms with E-state index in [0.717, 1.165) is 23.8 Å². The Kier molecular flexibility index (Phi) is 5.08. The lowest BCUT2D eigenvalue weighted by Gasteiger charge is -2.27. The fraction of sp³-hybridized carbons (Fsp3) is 0.529. The van der Waals surface area contributed by atoms with Crippen LogP contribution in [-0.2, 0) is 14.4 Å². The second kappa shape index (κ2) is 7.42. The third-order valence-electron chi connectivity index (χ3n) is 4.43. The molecule has 0 spiro atoms. The van der Waals surface area contributed by atoms with E-state index < -0.39 is 0 Å². The van der Waals surface area contributed by atoms with Crippen molar-refractivity contribution in [3.05, 3.63) is 18.3 Å². The van der Waals surface area contributed by atoms with Crippen molar-refractivity contribution in [3.8, 4) is 0 Å². The van der Waals surface area contributed by atoms with E-state index in [9.17, 15) is 14.4 Å². The molecule has 0 unspecified atom stereocenters. The number of hydrogen-bond donors (Lipinski definition) is 1. The maximum atomic E-state index is 12.0. The fourth-order valence-electron chi connectivity index (χ4n) is 3.08. The summed E-state index contributed by atoms with van der Waals surface area (Å²) in [6, 6.07) is 3.75. The molecule has 0 bridgehead atoms. The third-order valence-corrected chi connectivity index (χ3v) is 4.43. The molecule has 2 fully saturated rings. The van der Waals surface area contributed by atoms with Crippen LogP contribution in [0.15, 0.2) is 18.3 Å². The lowest BCUT2D eigenvalue weighted by molar-refractivity contribution is -0.138. The molecule has 24 heavy (non-hydrogen) atoms. The van der Waals surface area contributed by atoms with Crippen molar-refractivity contribution in [3.63, 3.8) is 0 Å². The van der Waals surface area contributed by atoms with Gasteiger partial charge in [0.2, 0.25) is 17.7 Å². The zero-order chi connectivity index (χ0) is 16.9. The van der Waals surface area contributed by atoms with E-state index in [1.54, 1.807) is 6.20 Å². The lowest BCUT2D eigenvalue weighted by Crippen LogP contribution is -2.32. The van der Waals surface area contributed by atoms with E-state index in [1.807, 2.05) is 12.1 Å². The quantitative estimate of drug-likeness (QED) is 0.828. The Hall–Kier alpha value is -2.44. The number of rotatable bonds is 5. The highest BCUT2D eigenvalue weighted by Crippen LogP contribution is 2.19. The first-order valence-corrected chi connectivity index (χ1v) is 8.47. The van der Waals surface area contributed by atoms with Crippen LogP contribution in [0.5, 0.6) is 0 Å². The highest BCUT2D eigenvalue weighted by molar-refractivity contribution is 6.02. The number of likely N-dealkylation sites (tertiary alicyclic amines) is 1. The van der Waals surface area contributed by atoms with Gasteiger partial charge in [0.15, 0.2) is 0 Å². The van der Waals surface area contributed by atoms with Gasteiger partial charge in [-0.25, -0.2) is 4.98 Å². The van der Waals surface area contributed by atoms with Gasteiger partial charge in [-0.1, -0.05) is 0 Å². The maximum absolute atomic E-state index is 12.0. The first-order chi connectivity index (χ1) is 11.6. The molecule has 0 aromatic carbocycles. The predicted octanol–water partition coefficient (Wildman–Crippen LogP) is 1.55. The number of imide groups is 1. The molecule has 3 heterocycles. The number of carbonyl (C=O) groups excluding carboxylic acids is 3. The van der Waals surface area contributed by atoms with E-state index in [1.165, 1.54) is 19.3 Å². The number of amides is 3. The number of anilines is 2. The molecule has 3 amide bonds. The van der Waals surface area contributed by atoms with Gasteiger partial charge < -0.3 is 10.2 Å². The van der Waals surface area contributed by atoms with Gasteiger partial charge in [0, 0.05) is 38.9 Å². The second-order valence-corrected chi connectivity index (χ2v) is 6.19. The molecule has 1 N–H and O–H groups in total. The molecule has 0 radical (unpaired) electrons. The van der Waals surface area contributed by atoms with Crippen LogP contribution in [0.4, 0.5) is 11.5 Å². The summed E-state index contributed by atoms with van der Waals surface area (Å²) in [5, 5.41) is 2.76. The number of piperidine rings is 1. The number of nitrogens with one attached hydrogen (secondary N) is 1. The molecule has 2 saturated heterocycles. The summed E-state index contributed by atoms with van der Waals surface area (Å²) in [7, 11) is 0. The molecule has 0 saturated carbocycles. The van der Waals surface area contributed by atoms with E-state index in [0.29, 0.717) is 5.69 Å². The summed E-state index contributed by atoms with van der Waals surface area (Å²) < 4.78 is 0. The van der Waals surface area contributed by atoms with Crippen LogP contribution < -0.4 is 10.2 Å². The largest absolute Gasteiger partial charge is 0.357 e. The number of aromatic nitrogens is 1. The SMILES string of the molecule is O=C(CCN1C(=O)CCC1=O)Nc1ccc(N2CCCCC2)nc1. The Labute approximate surface area is 141 Å². The van der Waals surface area contributed by atoms with Gasteiger partial charge in [-0.2, -0.15) is 0 Å². The zero-order valence-electron chi connectivity index (χ0n) is 13.7. The van der Waals surface area contributed by atoms with E-state index in [-0.39, 0.29) is 43.5 Å². The van der Waals surface area contributed by atoms with Gasteiger partial charge >= 0.3 is 0 Å². The molecule has 7 nitrogen and oxygen atoms in total. The molecule has 3 rings (SSSR count). The summed E-state index contributed by atoms with van der Waals surface area (Å²) in [5.74, 6) is 0.316. The molecule has 128 valence electrons. The van der Waals surface area contributed by atoms with Crippen molar-refractivity contribution in [2.75, 3.05) is 29.9 Å². The second-order valence-electron chi connectivity index (χ2n) is 6.19. The third kappa shape index (κ3) is 3.90. The van der Waals surface area contributed by atoms with Gasteiger partial charge in [-0.05, 0) is 31.4 Å². The van der Waals surface area contributed by atoms with Crippen molar-refractivity contribution in [2.45, 2.75) is 38.5 Å². The lowest BCUT2D eigenvalue weighted by atomic mass is 10.1. The van der Waals surface area contributed by atoms with Crippen molar-refractivity contribution in [1.29, 1.82) is 0 Å². The molecule has 0 atom stereocenters. The standard InChI is InChI=1S/C17H22N4O3/c22-15(8-11-21-16(23)6-7-17(21)24)19-13-4-5-14(18-12-13)20-9-2-1-3-10-20/h4-5,12H,1-3,6-11H2,(H,19,22).